The van der Waals surface area contributed by atoms with Gasteiger partial charge >= 0.3 is 0 Å². The number of amides is 1. The van der Waals surface area contributed by atoms with Crippen LogP contribution in [0.25, 0.3) is 0 Å². The van der Waals surface area contributed by atoms with Gasteiger partial charge in [-0.2, -0.15) is 4.72 Å². The summed E-state index contributed by atoms with van der Waals surface area (Å²) >= 11 is 0. The lowest BCUT2D eigenvalue weighted by Gasteiger charge is -2.22. The van der Waals surface area contributed by atoms with Crippen LogP contribution in [0.3, 0.4) is 0 Å². The fraction of sp³-hybridized carbons (Fsp3) is 0.458. The molecule has 1 aliphatic rings. The molecular formula is C24H32N2O7S. The quantitative estimate of drug-likeness (QED) is 0.524. The number of methoxy groups -OCH3 is 2. The number of nitrogens with one attached hydrogen (secondary N) is 2. The molecule has 0 radical (unpaired) electrons. The van der Waals surface area contributed by atoms with Crippen LogP contribution >= 0.6 is 0 Å². The van der Waals surface area contributed by atoms with Crippen molar-refractivity contribution in [3.05, 3.63) is 42.0 Å². The maximum absolute atomic E-state index is 13.1. The largest absolute Gasteiger partial charge is 0.497 e. The van der Waals surface area contributed by atoms with Gasteiger partial charge in [-0.15, -0.1) is 0 Å². The van der Waals surface area contributed by atoms with Gasteiger partial charge in [0.15, 0.2) is 11.5 Å². The SMILES string of the molecule is COc1ccc(OC)c(CCNC(=O)C(NS(=O)(=O)c2ccc3c(c2)OCCCO3)C(C)C)c1. The van der Waals surface area contributed by atoms with Crippen molar-refractivity contribution in [2.75, 3.05) is 34.0 Å². The lowest BCUT2D eigenvalue weighted by atomic mass is 10.0. The number of carbonyl (C=O) groups is 1. The van der Waals surface area contributed by atoms with Crippen molar-refractivity contribution in [2.45, 2.75) is 37.6 Å². The van der Waals surface area contributed by atoms with E-state index in [4.69, 9.17) is 18.9 Å². The maximum atomic E-state index is 13.1. The van der Waals surface area contributed by atoms with Crippen molar-refractivity contribution in [1.82, 2.24) is 10.0 Å². The van der Waals surface area contributed by atoms with Gasteiger partial charge < -0.3 is 24.3 Å². The molecule has 0 saturated carbocycles. The number of rotatable bonds is 10. The summed E-state index contributed by atoms with van der Waals surface area (Å²) in [5.41, 5.74) is 0.871. The molecule has 1 unspecified atom stereocenters. The van der Waals surface area contributed by atoms with Gasteiger partial charge in [-0.25, -0.2) is 8.42 Å². The van der Waals surface area contributed by atoms with Gasteiger partial charge in [0.2, 0.25) is 15.9 Å². The Morgan fingerprint density at radius 2 is 1.76 bits per heavy atom. The first-order chi connectivity index (χ1) is 16.2. The minimum absolute atomic E-state index is 0.0105. The summed E-state index contributed by atoms with van der Waals surface area (Å²) in [5, 5.41) is 2.83. The number of hydrogen-bond acceptors (Lipinski definition) is 7. The molecule has 2 N–H and O–H groups in total. The monoisotopic (exact) mass is 492 g/mol. The Kier molecular flexibility index (Phi) is 8.62. The highest BCUT2D eigenvalue weighted by atomic mass is 32.2. The van der Waals surface area contributed by atoms with Crippen molar-refractivity contribution < 1.29 is 32.2 Å². The molecule has 3 rings (SSSR count). The van der Waals surface area contributed by atoms with Crippen LogP contribution in [0.2, 0.25) is 0 Å². The standard InChI is InChI=1S/C24H32N2O7S/c1-16(2)23(24(27)25-11-10-17-14-18(30-3)6-8-20(17)31-4)26-34(28,29)19-7-9-21-22(15-19)33-13-5-12-32-21/h6-9,14-16,23,26H,5,10-13H2,1-4H3,(H,25,27). The Morgan fingerprint density at radius 1 is 1.03 bits per heavy atom. The van der Waals surface area contributed by atoms with Crippen LogP contribution in [0.1, 0.15) is 25.8 Å². The van der Waals surface area contributed by atoms with E-state index in [1.807, 2.05) is 6.07 Å². The normalized spacial score (nSPS) is 14.3. The number of hydrogen-bond donors (Lipinski definition) is 2. The van der Waals surface area contributed by atoms with Crippen LogP contribution < -0.4 is 29.0 Å². The van der Waals surface area contributed by atoms with Gasteiger partial charge in [0.1, 0.15) is 17.5 Å². The molecule has 10 heteroatoms. The molecule has 1 aliphatic heterocycles. The van der Waals surface area contributed by atoms with E-state index in [9.17, 15) is 13.2 Å². The number of ether oxygens (including phenoxy) is 4. The second-order valence-corrected chi connectivity index (χ2v) is 9.93. The highest BCUT2D eigenvalue weighted by molar-refractivity contribution is 7.89. The van der Waals surface area contributed by atoms with Gasteiger partial charge in [-0.3, -0.25) is 4.79 Å². The molecule has 0 bridgehead atoms. The molecule has 0 aromatic heterocycles. The van der Waals surface area contributed by atoms with Crippen molar-refractivity contribution in [3.63, 3.8) is 0 Å². The van der Waals surface area contributed by atoms with E-state index >= 15 is 0 Å². The van der Waals surface area contributed by atoms with Crippen LogP contribution in [-0.4, -0.2) is 54.3 Å². The summed E-state index contributed by atoms with van der Waals surface area (Å²) in [6.07, 6.45) is 1.21. The highest BCUT2D eigenvalue weighted by Crippen LogP contribution is 2.32. The van der Waals surface area contributed by atoms with Gasteiger partial charge in [0.25, 0.3) is 0 Å². The molecule has 186 valence electrons. The minimum Gasteiger partial charge on any atom is -0.497 e. The number of sulfonamides is 1. The van der Waals surface area contributed by atoms with Crippen LogP contribution in [0.5, 0.6) is 23.0 Å². The zero-order valence-electron chi connectivity index (χ0n) is 19.9. The third kappa shape index (κ3) is 6.32. The third-order valence-electron chi connectivity index (χ3n) is 5.44. The summed E-state index contributed by atoms with van der Waals surface area (Å²) in [6, 6.07) is 8.93. The van der Waals surface area contributed by atoms with Crippen molar-refractivity contribution in [1.29, 1.82) is 0 Å². The first kappa shape index (κ1) is 25.6. The molecule has 0 saturated heterocycles. The second-order valence-electron chi connectivity index (χ2n) is 8.22. The van der Waals surface area contributed by atoms with Crippen LogP contribution in [0, 0.1) is 5.92 Å². The van der Waals surface area contributed by atoms with E-state index in [0.717, 1.165) is 5.56 Å². The lowest BCUT2D eigenvalue weighted by Crippen LogP contribution is -2.49. The van der Waals surface area contributed by atoms with E-state index in [2.05, 4.69) is 10.0 Å². The molecule has 9 nitrogen and oxygen atoms in total. The number of fused-ring (bicyclic) bond motifs is 1. The Morgan fingerprint density at radius 3 is 2.44 bits per heavy atom. The zero-order valence-corrected chi connectivity index (χ0v) is 20.7. The summed E-state index contributed by atoms with van der Waals surface area (Å²) in [6.45, 7) is 4.82. The molecule has 1 atom stereocenters. The van der Waals surface area contributed by atoms with E-state index in [0.29, 0.717) is 55.6 Å². The van der Waals surface area contributed by atoms with Crippen LogP contribution in [0.4, 0.5) is 0 Å². The molecule has 2 aromatic carbocycles. The summed E-state index contributed by atoms with van der Waals surface area (Å²) in [4.78, 5) is 12.9. The van der Waals surface area contributed by atoms with Gasteiger partial charge in [0, 0.05) is 19.0 Å². The van der Waals surface area contributed by atoms with Gasteiger partial charge in [-0.05, 0) is 48.2 Å². The van der Waals surface area contributed by atoms with Crippen LogP contribution in [0.15, 0.2) is 41.3 Å². The molecule has 1 heterocycles. The Labute approximate surface area is 200 Å². The summed E-state index contributed by atoms with van der Waals surface area (Å²) in [7, 11) is -0.819. The average molecular weight is 493 g/mol. The van der Waals surface area contributed by atoms with Crippen molar-refractivity contribution in [2.24, 2.45) is 5.92 Å². The molecule has 34 heavy (non-hydrogen) atoms. The molecule has 0 aliphatic carbocycles. The van der Waals surface area contributed by atoms with Crippen LogP contribution in [-0.2, 0) is 21.2 Å². The van der Waals surface area contributed by atoms with Gasteiger partial charge in [-0.1, -0.05) is 13.8 Å². The van der Waals surface area contributed by atoms with E-state index < -0.39 is 22.0 Å². The van der Waals surface area contributed by atoms with Crippen molar-refractivity contribution in [3.8, 4) is 23.0 Å². The molecule has 0 spiro atoms. The summed E-state index contributed by atoms with van der Waals surface area (Å²) in [5.74, 6) is 1.56. The predicted molar refractivity (Wildman–Crippen MR) is 127 cm³/mol. The second kappa shape index (κ2) is 11.4. The number of benzene rings is 2. The molecule has 0 fully saturated rings. The first-order valence-electron chi connectivity index (χ1n) is 11.2. The zero-order chi connectivity index (χ0) is 24.7. The fourth-order valence-corrected chi connectivity index (χ4v) is 4.90. The predicted octanol–water partition coefficient (Wildman–Crippen LogP) is 2.53. The van der Waals surface area contributed by atoms with Crippen molar-refractivity contribution >= 4 is 15.9 Å². The smallest absolute Gasteiger partial charge is 0.241 e. The lowest BCUT2D eigenvalue weighted by molar-refractivity contribution is -0.123. The highest BCUT2D eigenvalue weighted by Gasteiger charge is 2.29. The molecule has 2 aromatic rings. The molecular weight excluding hydrogens is 460 g/mol. The topological polar surface area (TPSA) is 112 Å². The fourth-order valence-electron chi connectivity index (χ4n) is 3.55. The third-order valence-corrected chi connectivity index (χ3v) is 6.88. The number of carbonyl (C=O) groups excluding carboxylic acids is 1. The Bertz CT molecular complexity index is 1100. The average Bonchev–Trinajstić information content (AvgIpc) is 3.07. The van der Waals surface area contributed by atoms with E-state index in [-0.39, 0.29) is 10.8 Å². The maximum Gasteiger partial charge on any atom is 0.241 e. The minimum atomic E-state index is -3.97. The van der Waals surface area contributed by atoms with E-state index in [1.54, 1.807) is 46.3 Å². The first-order valence-corrected chi connectivity index (χ1v) is 12.6. The Hall–Kier alpha value is -2.98. The molecule has 1 amide bonds. The van der Waals surface area contributed by atoms with Gasteiger partial charge in [0.05, 0.1) is 32.3 Å². The Balaban J connectivity index is 1.68. The summed E-state index contributed by atoms with van der Waals surface area (Å²) < 4.78 is 50.4. The van der Waals surface area contributed by atoms with E-state index in [1.165, 1.54) is 12.1 Å².